The second kappa shape index (κ2) is 9.33. The Morgan fingerprint density at radius 2 is 2.03 bits per heavy atom. The first-order valence-corrected chi connectivity index (χ1v) is 10.1. The molecule has 0 radical (unpaired) electrons. The van der Waals surface area contributed by atoms with Gasteiger partial charge in [0.1, 0.15) is 6.54 Å². The fourth-order valence-corrected chi connectivity index (χ4v) is 3.58. The van der Waals surface area contributed by atoms with E-state index in [2.05, 4.69) is 10.5 Å². The Hall–Kier alpha value is -3.20. The minimum Gasteiger partial charge on any atom is -0.332 e. The number of nitrogens with zero attached hydrogens (tertiary/aromatic N) is 3. The highest BCUT2D eigenvalue weighted by Gasteiger charge is 2.22. The second-order valence-corrected chi connectivity index (χ2v) is 7.46. The van der Waals surface area contributed by atoms with E-state index in [1.807, 2.05) is 49.6 Å². The third-order valence-corrected chi connectivity index (χ3v) is 5.19. The largest absolute Gasteiger partial charge is 0.442 e. The average Bonchev–Trinajstić information content (AvgIpc) is 3.34. The predicted molar refractivity (Wildman–Crippen MR) is 111 cm³/mol. The van der Waals surface area contributed by atoms with Gasteiger partial charge in [0.05, 0.1) is 11.4 Å². The fourth-order valence-electron chi connectivity index (χ4n) is 2.86. The molecule has 152 valence electrons. The van der Waals surface area contributed by atoms with Gasteiger partial charge in [-0.2, -0.15) is 0 Å². The Kier molecular flexibility index (Phi) is 6.61. The quantitative estimate of drug-likeness (QED) is 0.611. The Bertz CT molecular complexity index is 1040. The van der Waals surface area contributed by atoms with Crippen molar-refractivity contribution in [2.75, 3.05) is 18.4 Å². The molecule has 0 aliphatic carbocycles. The van der Waals surface area contributed by atoms with E-state index < -0.39 is 5.76 Å². The summed E-state index contributed by atoms with van der Waals surface area (Å²) in [4.78, 5) is 39.5. The average molecular weight is 414 g/mol. The van der Waals surface area contributed by atoms with Crippen LogP contribution in [-0.2, 0) is 16.1 Å². The molecule has 0 atom stereocenters. The van der Waals surface area contributed by atoms with Crippen LogP contribution in [0.5, 0.6) is 0 Å². The number of hydrogen-bond donors (Lipinski definition) is 1. The Balaban J connectivity index is 1.72. The maximum absolute atomic E-state index is 12.8. The molecular formula is C20H22N4O4S. The molecule has 0 aliphatic rings. The lowest BCUT2D eigenvalue weighted by atomic mass is 10.2. The number of carbonyl (C=O) groups is 2. The van der Waals surface area contributed by atoms with E-state index in [-0.39, 0.29) is 24.9 Å². The molecule has 8 nitrogen and oxygen atoms in total. The molecule has 0 fully saturated rings. The lowest BCUT2D eigenvalue weighted by Gasteiger charge is -2.22. The zero-order valence-electron chi connectivity index (χ0n) is 16.3. The molecule has 1 N–H and O–H groups in total. The lowest BCUT2D eigenvalue weighted by molar-refractivity contribution is -0.135. The smallest absolute Gasteiger partial charge is 0.332 e. The van der Waals surface area contributed by atoms with Gasteiger partial charge in [0.2, 0.25) is 11.8 Å². The standard InChI is InChI=1S/C20H22N4O4S/c1-3-10-23(12-17(25)21-15-8-5-4-7-14(15)2)18(26)13-24-19(22-28-20(24)27)16-9-6-11-29-16/h4-9,11H,3,10,12-13H2,1-2H3,(H,21,25). The van der Waals surface area contributed by atoms with Crippen LogP contribution in [0.2, 0.25) is 0 Å². The number of benzene rings is 1. The number of amides is 2. The van der Waals surface area contributed by atoms with Gasteiger partial charge >= 0.3 is 5.76 Å². The summed E-state index contributed by atoms with van der Waals surface area (Å²) in [5.74, 6) is -1.05. The van der Waals surface area contributed by atoms with E-state index in [0.29, 0.717) is 24.5 Å². The minimum atomic E-state index is -0.706. The third kappa shape index (κ3) is 5.00. The van der Waals surface area contributed by atoms with Gasteiger partial charge in [0.25, 0.3) is 0 Å². The highest BCUT2D eigenvalue weighted by atomic mass is 32.1. The molecule has 29 heavy (non-hydrogen) atoms. The summed E-state index contributed by atoms with van der Waals surface area (Å²) in [5.41, 5.74) is 1.64. The van der Waals surface area contributed by atoms with Crippen LogP contribution in [0.1, 0.15) is 18.9 Å². The van der Waals surface area contributed by atoms with Crippen LogP contribution in [0.3, 0.4) is 0 Å². The van der Waals surface area contributed by atoms with Crippen LogP contribution in [0, 0.1) is 6.92 Å². The molecule has 3 aromatic rings. The van der Waals surface area contributed by atoms with E-state index >= 15 is 0 Å². The van der Waals surface area contributed by atoms with Crippen LogP contribution in [-0.4, -0.2) is 39.5 Å². The van der Waals surface area contributed by atoms with Crippen LogP contribution in [0.4, 0.5) is 5.69 Å². The molecule has 9 heteroatoms. The van der Waals surface area contributed by atoms with Crippen molar-refractivity contribution in [3.05, 3.63) is 57.9 Å². The van der Waals surface area contributed by atoms with Crippen molar-refractivity contribution in [2.45, 2.75) is 26.8 Å². The monoisotopic (exact) mass is 414 g/mol. The second-order valence-electron chi connectivity index (χ2n) is 6.51. The maximum atomic E-state index is 12.8. The first kappa shape index (κ1) is 20.5. The number of thiophene rings is 1. The molecule has 0 saturated heterocycles. The molecule has 2 aromatic heterocycles. The summed E-state index contributed by atoms with van der Waals surface area (Å²) in [6, 6.07) is 11.0. The first-order valence-electron chi connectivity index (χ1n) is 9.23. The summed E-state index contributed by atoms with van der Waals surface area (Å²) in [5, 5.41) is 8.45. The van der Waals surface area contributed by atoms with Crippen molar-refractivity contribution in [1.29, 1.82) is 0 Å². The number of para-hydroxylation sites is 1. The number of rotatable bonds is 8. The summed E-state index contributed by atoms with van der Waals surface area (Å²) < 4.78 is 5.94. The van der Waals surface area contributed by atoms with Gasteiger partial charge in [-0.05, 0) is 36.4 Å². The first-order chi connectivity index (χ1) is 14.0. The van der Waals surface area contributed by atoms with E-state index in [9.17, 15) is 14.4 Å². The van der Waals surface area contributed by atoms with Crippen molar-refractivity contribution < 1.29 is 14.1 Å². The van der Waals surface area contributed by atoms with Crippen LogP contribution in [0.15, 0.2) is 51.1 Å². The van der Waals surface area contributed by atoms with Gasteiger partial charge in [0.15, 0.2) is 5.82 Å². The van der Waals surface area contributed by atoms with Gasteiger partial charge in [-0.1, -0.05) is 36.3 Å². The van der Waals surface area contributed by atoms with Crippen LogP contribution >= 0.6 is 11.3 Å². The number of carbonyl (C=O) groups excluding carboxylic acids is 2. The highest BCUT2D eigenvalue weighted by molar-refractivity contribution is 7.13. The molecule has 2 amide bonds. The molecule has 0 saturated carbocycles. The molecular weight excluding hydrogens is 392 g/mol. The van der Waals surface area contributed by atoms with Crippen molar-refractivity contribution in [2.24, 2.45) is 0 Å². The van der Waals surface area contributed by atoms with Gasteiger partial charge < -0.3 is 10.2 Å². The van der Waals surface area contributed by atoms with Gasteiger partial charge in [-0.25, -0.2) is 9.36 Å². The van der Waals surface area contributed by atoms with E-state index in [4.69, 9.17) is 4.52 Å². The van der Waals surface area contributed by atoms with Gasteiger partial charge in [-0.15, -0.1) is 11.3 Å². The molecule has 0 unspecified atom stereocenters. The number of hydrogen-bond acceptors (Lipinski definition) is 6. The highest BCUT2D eigenvalue weighted by Crippen LogP contribution is 2.21. The summed E-state index contributed by atoms with van der Waals surface area (Å²) in [7, 11) is 0. The van der Waals surface area contributed by atoms with E-state index in [0.717, 1.165) is 10.4 Å². The molecule has 0 aliphatic heterocycles. The number of anilines is 1. The summed E-state index contributed by atoms with van der Waals surface area (Å²) in [6.07, 6.45) is 0.680. The van der Waals surface area contributed by atoms with Gasteiger partial charge in [-0.3, -0.25) is 14.1 Å². The number of nitrogens with one attached hydrogen (secondary N) is 1. The fraction of sp³-hybridized carbons (Fsp3) is 0.300. The van der Waals surface area contributed by atoms with Crippen LogP contribution < -0.4 is 11.1 Å². The van der Waals surface area contributed by atoms with E-state index in [1.54, 1.807) is 6.07 Å². The summed E-state index contributed by atoms with van der Waals surface area (Å²) >= 11 is 1.39. The predicted octanol–water partition coefficient (Wildman–Crippen LogP) is 2.75. The van der Waals surface area contributed by atoms with E-state index in [1.165, 1.54) is 20.8 Å². The molecule has 0 spiro atoms. The normalized spacial score (nSPS) is 10.7. The topological polar surface area (TPSA) is 97.4 Å². The SMILES string of the molecule is CCCN(CC(=O)Nc1ccccc1C)C(=O)Cn1c(-c2cccs2)noc1=O. The molecule has 1 aromatic carbocycles. The zero-order chi connectivity index (χ0) is 20.8. The Morgan fingerprint density at radius 3 is 2.72 bits per heavy atom. The number of aryl methyl sites for hydroxylation is 1. The van der Waals surface area contributed by atoms with Crippen LogP contribution in [0.25, 0.3) is 10.7 Å². The van der Waals surface area contributed by atoms with Crippen molar-refractivity contribution >= 4 is 28.8 Å². The Morgan fingerprint density at radius 1 is 1.24 bits per heavy atom. The molecule has 3 rings (SSSR count). The van der Waals surface area contributed by atoms with Gasteiger partial charge in [0, 0.05) is 12.2 Å². The maximum Gasteiger partial charge on any atom is 0.442 e. The number of aromatic nitrogens is 2. The van der Waals surface area contributed by atoms with Crippen molar-refractivity contribution in [1.82, 2.24) is 14.6 Å². The minimum absolute atomic E-state index is 0.102. The summed E-state index contributed by atoms with van der Waals surface area (Å²) in [6.45, 7) is 3.87. The molecule has 2 heterocycles. The Labute approximate surface area is 171 Å². The van der Waals surface area contributed by atoms with Crippen molar-refractivity contribution in [3.8, 4) is 10.7 Å². The third-order valence-electron chi connectivity index (χ3n) is 4.32. The lowest BCUT2D eigenvalue weighted by Crippen LogP contribution is -2.41. The zero-order valence-corrected chi connectivity index (χ0v) is 17.1. The molecule has 0 bridgehead atoms. The van der Waals surface area contributed by atoms with Crippen molar-refractivity contribution in [3.63, 3.8) is 0 Å².